The second-order valence-corrected chi connectivity index (χ2v) is 5.95. The summed E-state index contributed by atoms with van der Waals surface area (Å²) in [5.41, 5.74) is 9.38. The summed E-state index contributed by atoms with van der Waals surface area (Å²) in [5.74, 6) is 1.03. The molecule has 0 amide bonds. The Labute approximate surface area is 110 Å². The highest BCUT2D eigenvalue weighted by Gasteiger charge is 2.28. The Morgan fingerprint density at radius 1 is 1.06 bits per heavy atom. The molecular weight excluding hydrogens is 222 g/mol. The molecule has 1 saturated carbocycles. The molecular formula is C16H23NO. The highest BCUT2D eigenvalue weighted by atomic mass is 16.5. The maximum absolute atomic E-state index is 6.33. The smallest absolute Gasteiger partial charge is 0.119 e. The van der Waals surface area contributed by atoms with Crippen molar-refractivity contribution in [3.05, 3.63) is 29.3 Å². The fourth-order valence-electron chi connectivity index (χ4n) is 3.34. The van der Waals surface area contributed by atoms with E-state index in [0.29, 0.717) is 0 Å². The molecule has 2 heteroatoms. The summed E-state index contributed by atoms with van der Waals surface area (Å²) in [6.07, 6.45) is 9.65. The topological polar surface area (TPSA) is 35.2 Å². The quantitative estimate of drug-likeness (QED) is 0.884. The predicted octanol–water partition coefficient (Wildman–Crippen LogP) is 3.22. The van der Waals surface area contributed by atoms with E-state index in [0.717, 1.165) is 18.8 Å². The molecule has 2 N–H and O–H groups in total. The zero-order chi connectivity index (χ0) is 12.4. The second kappa shape index (κ2) is 4.93. The molecule has 2 aliphatic rings. The number of rotatable bonds is 4. The van der Waals surface area contributed by atoms with Gasteiger partial charge in [-0.25, -0.2) is 0 Å². The molecule has 18 heavy (non-hydrogen) atoms. The summed E-state index contributed by atoms with van der Waals surface area (Å²) in [4.78, 5) is 0. The maximum Gasteiger partial charge on any atom is 0.119 e. The lowest BCUT2D eigenvalue weighted by Crippen LogP contribution is -2.37. The Morgan fingerprint density at radius 3 is 2.67 bits per heavy atom. The molecule has 1 aromatic rings. The molecule has 0 radical (unpaired) electrons. The van der Waals surface area contributed by atoms with Crippen LogP contribution in [-0.4, -0.2) is 12.1 Å². The highest BCUT2D eigenvalue weighted by molar-refractivity contribution is 5.38. The van der Waals surface area contributed by atoms with E-state index in [1.54, 1.807) is 0 Å². The Morgan fingerprint density at radius 2 is 1.83 bits per heavy atom. The number of aryl methyl sites for hydroxylation is 2. The van der Waals surface area contributed by atoms with Gasteiger partial charge in [-0.1, -0.05) is 18.9 Å². The van der Waals surface area contributed by atoms with E-state index in [1.165, 1.54) is 56.1 Å². The van der Waals surface area contributed by atoms with E-state index < -0.39 is 0 Å². The standard InChI is InChI=1S/C16H23NO/c17-16(8-1-2-9-16)10-11-18-15-7-6-13-4-3-5-14(13)12-15/h6-7,12H,1-5,8-11,17H2. The lowest BCUT2D eigenvalue weighted by molar-refractivity contribution is 0.258. The highest BCUT2D eigenvalue weighted by Crippen LogP contribution is 2.30. The number of benzene rings is 1. The fraction of sp³-hybridized carbons (Fsp3) is 0.625. The van der Waals surface area contributed by atoms with Crippen LogP contribution in [0.25, 0.3) is 0 Å². The second-order valence-electron chi connectivity index (χ2n) is 5.95. The predicted molar refractivity (Wildman–Crippen MR) is 74.0 cm³/mol. The molecule has 3 rings (SSSR count). The van der Waals surface area contributed by atoms with Gasteiger partial charge in [-0.3, -0.25) is 0 Å². The summed E-state index contributed by atoms with van der Waals surface area (Å²) >= 11 is 0. The molecule has 1 aromatic carbocycles. The van der Waals surface area contributed by atoms with Gasteiger partial charge in [-0.2, -0.15) is 0 Å². The van der Waals surface area contributed by atoms with Gasteiger partial charge in [0.1, 0.15) is 5.75 Å². The van der Waals surface area contributed by atoms with Crippen molar-refractivity contribution in [3.63, 3.8) is 0 Å². The summed E-state index contributed by atoms with van der Waals surface area (Å²) in [6.45, 7) is 0.759. The first-order chi connectivity index (χ1) is 8.75. The summed E-state index contributed by atoms with van der Waals surface area (Å²) in [5, 5.41) is 0. The average Bonchev–Trinajstić information content (AvgIpc) is 2.97. The molecule has 0 saturated heterocycles. The third-order valence-electron chi connectivity index (χ3n) is 4.54. The van der Waals surface area contributed by atoms with Crippen LogP contribution in [0, 0.1) is 0 Å². The Kier molecular flexibility index (Phi) is 3.29. The molecule has 2 aliphatic carbocycles. The van der Waals surface area contributed by atoms with Gasteiger partial charge in [0.25, 0.3) is 0 Å². The number of hydrogen-bond acceptors (Lipinski definition) is 2. The molecule has 0 aliphatic heterocycles. The molecule has 0 unspecified atom stereocenters. The van der Waals surface area contributed by atoms with Crippen molar-refractivity contribution in [2.45, 2.75) is 56.9 Å². The minimum Gasteiger partial charge on any atom is -0.494 e. The van der Waals surface area contributed by atoms with Gasteiger partial charge in [-0.15, -0.1) is 0 Å². The van der Waals surface area contributed by atoms with Crippen LogP contribution in [-0.2, 0) is 12.8 Å². The number of hydrogen-bond donors (Lipinski definition) is 1. The lowest BCUT2D eigenvalue weighted by Gasteiger charge is -2.23. The summed E-state index contributed by atoms with van der Waals surface area (Å²) in [7, 11) is 0. The first-order valence-electron chi connectivity index (χ1n) is 7.29. The minimum absolute atomic E-state index is 0.0523. The SMILES string of the molecule is NC1(CCOc2ccc3c(c2)CCC3)CCCC1. The van der Waals surface area contributed by atoms with Crippen LogP contribution in [0.1, 0.15) is 49.7 Å². The number of nitrogens with two attached hydrogens (primary N) is 1. The van der Waals surface area contributed by atoms with Gasteiger partial charge in [0, 0.05) is 5.54 Å². The van der Waals surface area contributed by atoms with Gasteiger partial charge in [0.2, 0.25) is 0 Å². The lowest BCUT2D eigenvalue weighted by atomic mass is 9.95. The zero-order valence-corrected chi connectivity index (χ0v) is 11.1. The fourth-order valence-corrected chi connectivity index (χ4v) is 3.34. The van der Waals surface area contributed by atoms with E-state index in [1.807, 2.05) is 0 Å². The van der Waals surface area contributed by atoms with Crippen molar-refractivity contribution < 1.29 is 4.74 Å². The number of ether oxygens (including phenoxy) is 1. The normalized spacial score (nSPS) is 20.9. The molecule has 0 atom stereocenters. The maximum atomic E-state index is 6.33. The van der Waals surface area contributed by atoms with Gasteiger partial charge in [0.05, 0.1) is 6.61 Å². The molecule has 0 heterocycles. The first kappa shape index (κ1) is 12.0. The van der Waals surface area contributed by atoms with Crippen LogP contribution < -0.4 is 10.5 Å². The molecule has 0 aromatic heterocycles. The number of fused-ring (bicyclic) bond motifs is 1. The molecule has 98 valence electrons. The largest absolute Gasteiger partial charge is 0.494 e. The summed E-state index contributed by atoms with van der Waals surface area (Å²) < 4.78 is 5.88. The van der Waals surface area contributed by atoms with Crippen LogP contribution in [0.3, 0.4) is 0 Å². The summed E-state index contributed by atoms with van der Waals surface area (Å²) in [6, 6.07) is 6.56. The van der Waals surface area contributed by atoms with Gasteiger partial charge >= 0.3 is 0 Å². The monoisotopic (exact) mass is 245 g/mol. The average molecular weight is 245 g/mol. The minimum atomic E-state index is 0.0523. The van der Waals surface area contributed by atoms with Crippen LogP contribution in [0.5, 0.6) is 5.75 Å². The van der Waals surface area contributed by atoms with Gasteiger partial charge < -0.3 is 10.5 Å². The van der Waals surface area contributed by atoms with Crippen molar-refractivity contribution in [3.8, 4) is 5.75 Å². The van der Waals surface area contributed by atoms with E-state index in [2.05, 4.69) is 18.2 Å². The Balaban J connectivity index is 1.54. The van der Waals surface area contributed by atoms with Crippen molar-refractivity contribution in [2.75, 3.05) is 6.61 Å². The third-order valence-corrected chi connectivity index (χ3v) is 4.54. The third kappa shape index (κ3) is 2.54. The zero-order valence-electron chi connectivity index (χ0n) is 11.1. The van der Waals surface area contributed by atoms with Crippen LogP contribution >= 0.6 is 0 Å². The Hall–Kier alpha value is -1.02. The van der Waals surface area contributed by atoms with Gasteiger partial charge in [-0.05, 0) is 61.8 Å². The molecule has 0 spiro atoms. The molecule has 1 fully saturated rings. The van der Waals surface area contributed by atoms with E-state index >= 15 is 0 Å². The van der Waals surface area contributed by atoms with Crippen molar-refractivity contribution in [2.24, 2.45) is 5.73 Å². The van der Waals surface area contributed by atoms with E-state index in [9.17, 15) is 0 Å². The van der Waals surface area contributed by atoms with E-state index in [4.69, 9.17) is 10.5 Å². The van der Waals surface area contributed by atoms with E-state index in [-0.39, 0.29) is 5.54 Å². The first-order valence-corrected chi connectivity index (χ1v) is 7.29. The molecule has 2 nitrogen and oxygen atoms in total. The molecule has 0 bridgehead atoms. The van der Waals surface area contributed by atoms with Crippen molar-refractivity contribution >= 4 is 0 Å². The Bertz CT molecular complexity index is 421. The van der Waals surface area contributed by atoms with Crippen LogP contribution in [0.15, 0.2) is 18.2 Å². The van der Waals surface area contributed by atoms with Crippen LogP contribution in [0.4, 0.5) is 0 Å². The van der Waals surface area contributed by atoms with Crippen molar-refractivity contribution in [1.82, 2.24) is 0 Å². The van der Waals surface area contributed by atoms with Gasteiger partial charge in [0.15, 0.2) is 0 Å². The van der Waals surface area contributed by atoms with Crippen LogP contribution in [0.2, 0.25) is 0 Å². The van der Waals surface area contributed by atoms with Crippen molar-refractivity contribution in [1.29, 1.82) is 0 Å².